The average Bonchev–Trinajstić information content (AvgIpc) is 2.42. The summed E-state index contributed by atoms with van der Waals surface area (Å²) >= 11 is 0. The van der Waals surface area contributed by atoms with E-state index >= 15 is 0 Å². The Morgan fingerprint density at radius 3 is 2.79 bits per heavy atom. The van der Waals surface area contributed by atoms with Gasteiger partial charge in [-0.3, -0.25) is 4.79 Å². The molecule has 0 radical (unpaired) electrons. The number of fused-ring (bicyclic) bond motifs is 1. The highest BCUT2D eigenvalue weighted by Gasteiger charge is 2.22. The second-order valence-electron chi connectivity index (χ2n) is 4.74. The Hall–Kier alpha value is -2.16. The summed E-state index contributed by atoms with van der Waals surface area (Å²) in [6, 6.07) is 14.2. The van der Waals surface area contributed by atoms with Gasteiger partial charge in [-0.25, -0.2) is 4.39 Å². The maximum absolute atomic E-state index is 13.2. The van der Waals surface area contributed by atoms with E-state index in [1.165, 1.54) is 6.07 Å². The molecule has 2 aromatic rings. The smallest absolute Gasteiger partial charge is 0.166 e. The Labute approximate surface area is 111 Å². The van der Waals surface area contributed by atoms with Crippen LogP contribution in [0.25, 0.3) is 0 Å². The molecule has 19 heavy (non-hydrogen) atoms. The Morgan fingerprint density at radius 2 is 1.95 bits per heavy atom. The van der Waals surface area contributed by atoms with Crippen LogP contribution in [-0.4, -0.2) is 12.3 Å². The highest BCUT2D eigenvalue weighted by atomic mass is 19.1. The van der Waals surface area contributed by atoms with Gasteiger partial charge in [0.25, 0.3) is 0 Å². The molecule has 1 aliphatic heterocycles. The molecule has 3 rings (SSSR count). The molecule has 0 aromatic heterocycles. The van der Waals surface area contributed by atoms with Crippen molar-refractivity contribution in [2.75, 3.05) is 11.4 Å². The van der Waals surface area contributed by atoms with Gasteiger partial charge in [-0.05, 0) is 29.8 Å². The van der Waals surface area contributed by atoms with Gasteiger partial charge in [0.1, 0.15) is 5.82 Å². The third kappa shape index (κ3) is 2.36. The maximum Gasteiger partial charge on any atom is 0.166 e. The zero-order chi connectivity index (χ0) is 13.2. The van der Waals surface area contributed by atoms with Gasteiger partial charge in [-0.1, -0.05) is 24.3 Å². The molecule has 1 aliphatic rings. The summed E-state index contributed by atoms with van der Waals surface area (Å²) in [5.41, 5.74) is 2.64. The first kappa shape index (κ1) is 11.9. The first-order valence-electron chi connectivity index (χ1n) is 6.35. The molecule has 0 aliphatic carbocycles. The lowest BCUT2D eigenvalue weighted by Gasteiger charge is -2.30. The number of rotatable bonds is 2. The van der Waals surface area contributed by atoms with Gasteiger partial charge in [0.15, 0.2) is 5.78 Å². The number of hydrogen-bond donors (Lipinski definition) is 0. The second kappa shape index (κ2) is 4.84. The fraction of sp³-hybridized carbons (Fsp3) is 0.188. The van der Waals surface area contributed by atoms with Crippen molar-refractivity contribution in [1.82, 2.24) is 0 Å². The van der Waals surface area contributed by atoms with Crippen LogP contribution in [0.15, 0.2) is 48.5 Å². The van der Waals surface area contributed by atoms with Crippen LogP contribution in [0.3, 0.4) is 0 Å². The number of nitrogens with zero attached hydrogens (tertiary/aromatic N) is 1. The van der Waals surface area contributed by atoms with E-state index in [2.05, 4.69) is 4.90 Å². The topological polar surface area (TPSA) is 20.3 Å². The zero-order valence-electron chi connectivity index (χ0n) is 10.5. The Balaban J connectivity index is 1.91. The summed E-state index contributed by atoms with van der Waals surface area (Å²) in [4.78, 5) is 14.0. The van der Waals surface area contributed by atoms with Gasteiger partial charge in [-0.2, -0.15) is 0 Å². The minimum Gasteiger partial charge on any atom is -0.366 e. The molecule has 0 atom stereocenters. The van der Waals surface area contributed by atoms with Gasteiger partial charge in [0, 0.05) is 30.8 Å². The van der Waals surface area contributed by atoms with Crippen molar-refractivity contribution < 1.29 is 9.18 Å². The number of hydrogen-bond acceptors (Lipinski definition) is 2. The quantitative estimate of drug-likeness (QED) is 0.819. The van der Waals surface area contributed by atoms with Crippen LogP contribution in [0.2, 0.25) is 0 Å². The largest absolute Gasteiger partial charge is 0.366 e. The summed E-state index contributed by atoms with van der Waals surface area (Å²) < 4.78 is 13.2. The number of carbonyl (C=O) groups excluding carboxylic acids is 1. The van der Waals surface area contributed by atoms with Crippen molar-refractivity contribution in [3.63, 3.8) is 0 Å². The number of halogens is 1. The van der Waals surface area contributed by atoms with Crippen molar-refractivity contribution >= 4 is 11.5 Å². The number of carbonyl (C=O) groups is 1. The van der Waals surface area contributed by atoms with Crippen molar-refractivity contribution in [3.05, 3.63) is 65.5 Å². The molecular formula is C16H14FNO. The summed E-state index contributed by atoms with van der Waals surface area (Å²) in [6.07, 6.45) is 0.520. The molecule has 0 bridgehead atoms. The molecule has 2 nitrogen and oxygen atoms in total. The van der Waals surface area contributed by atoms with E-state index in [-0.39, 0.29) is 11.6 Å². The van der Waals surface area contributed by atoms with Crippen LogP contribution in [0.5, 0.6) is 0 Å². The average molecular weight is 255 g/mol. The van der Waals surface area contributed by atoms with Crippen molar-refractivity contribution in [2.24, 2.45) is 0 Å². The molecule has 1 heterocycles. The molecule has 0 unspecified atom stereocenters. The first-order valence-corrected chi connectivity index (χ1v) is 6.35. The molecule has 0 fully saturated rings. The molecule has 0 saturated carbocycles. The van der Waals surface area contributed by atoms with E-state index in [4.69, 9.17) is 0 Å². The fourth-order valence-electron chi connectivity index (χ4n) is 2.50. The van der Waals surface area contributed by atoms with Gasteiger partial charge >= 0.3 is 0 Å². The van der Waals surface area contributed by atoms with Crippen LogP contribution in [0.4, 0.5) is 10.1 Å². The maximum atomic E-state index is 13.2. The molecule has 0 N–H and O–H groups in total. The van der Waals surface area contributed by atoms with Gasteiger partial charge in [0.05, 0.1) is 0 Å². The van der Waals surface area contributed by atoms with Crippen molar-refractivity contribution in [1.29, 1.82) is 0 Å². The monoisotopic (exact) mass is 255 g/mol. The molecule has 3 heteroatoms. The Kier molecular flexibility index (Phi) is 3.03. The van der Waals surface area contributed by atoms with Gasteiger partial charge < -0.3 is 4.90 Å². The second-order valence-corrected chi connectivity index (χ2v) is 4.74. The third-order valence-electron chi connectivity index (χ3n) is 3.42. The van der Waals surface area contributed by atoms with E-state index in [0.717, 1.165) is 16.8 Å². The van der Waals surface area contributed by atoms with Crippen LogP contribution >= 0.6 is 0 Å². The molecule has 96 valence electrons. The lowest BCUT2D eigenvalue weighted by atomic mass is 10.00. The number of para-hydroxylation sites is 1. The summed E-state index contributed by atoms with van der Waals surface area (Å²) in [7, 11) is 0. The van der Waals surface area contributed by atoms with E-state index in [9.17, 15) is 9.18 Å². The SMILES string of the molecule is O=C1CCN(Cc2cccc(F)c2)c2ccccc21. The van der Waals surface area contributed by atoms with Gasteiger partial charge in [0.2, 0.25) is 0 Å². The molecule has 0 amide bonds. The highest BCUT2D eigenvalue weighted by Crippen LogP contribution is 2.28. The summed E-state index contributed by atoms with van der Waals surface area (Å²) in [5, 5.41) is 0. The normalized spacial score (nSPS) is 14.4. The predicted octanol–water partition coefficient (Wildman–Crippen LogP) is 3.42. The third-order valence-corrected chi connectivity index (χ3v) is 3.42. The van der Waals surface area contributed by atoms with E-state index in [1.54, 1.807) is 12.1 Å². The molecule has 0 spiro atoms. The number of ketones is 1. The zero-order valence-corrected chi connectivity index (χ0v) is 10.5. The summed E-state index contributed by atoms with van der Waals surface area (Å²) in [5.74, 6) is -0.0371. The first-order chi connectivity index (χ1) is 9.24. The van der Waals surface area contributed by atoms with Crippen molar-refractivity contribution in [2.45, 2.75) is 13.0 Å². The van der Waals surface area contributed by atoms with Crippen molar-refractivity contribution in [3.8, 4) is 0 Å². The van der Waals surface area contributed by atoms with E-state index in [0.29, 0.717) is 19.5 Å². The van der Waals surface area contributed by atoms with Crippen LogP contribution in [-0.2, 0) is 6.54 Å². The number of anilines is 1. The number of Topliss-reactive ketones (excluding diaryl/α,β-unsaturated/α-hetero) is 1. The molecule has 2 aromatic carbocycles. The summed E-state index contributed by atoms with van der Waals surface area (Å²) in [6.45, 7) is 1.31. The van der Waals surface area contributed by atoms with Gasteiger partial charge in [-0.15, -0.1) is 0 Å². The minimum absolute atomic E-state index is 0.186. The minimum atomic E-state index is -0.223. The van der Waals surface area contributed by atoms with E-state index in [1.807, 2.05) is 30.3 Å². The lowest BCUT2D eigenvalue weighted by molar-refractivity contribution is 0.0979. The molecular weight excluding hydrogens is 241 g/mol. The van der Waals surface area contributed by atoms with E-state index < -0.39 is 0 Å². The Morgan fingerprint density at radius 1 is 1.11 bits per heavy atom. The highest BCUT2D eigenvalue weighted by molar-refractivity contribution is 6.03. The van der Waals surface area contributed by atoms with Crippen LogP contribution in [0.1, 0.15) is 22.3 Å². The predicted molar refractivity (Wildman–Crippen MR) is 72.8 cm³/mol. The van der Waals surface area contributed by atoms with Crippen LogP contribution < -0.4 is 4.90 Å². The molecule has 0 saturated heterocycles. The standard InChI is InChI=1S/C16H14FNO/c17-13-5-3-4-12(10-13)11-18-9-8-16(19)14-6-1-2-7-15(14)18/h1-7,10H,8-9,11H2. The number of benzene rings is 2. The fourth-order valence-corrected chi connectivity index (χ4v) is 2.50. The van der Waals surface area contributed by atoms with Crippen LogP contribution in [0, 0.1) is 5.82 Å². The lowest BCUT2D eigenvalue weighted by Crippen LogP contribution is -2.31. The Bertz CT molecular complexity index is 624.